The fourth-order valence-corrected chi connectivity index (χ4v) is 11.2. The predicted molar refractivity (Wildman–Crippen MR) is 243 cm³/mol. The first kappa shape index (κ1) is 31.5. The van der Waals surface area contributed by atoms with Crippen LogP contribution in [-0.4, -0.2) is 0 Å². The summed E-state index contributed by atoms with van der Waals surface area (Å²) in [5, 5.41) is 12.5. The summed E-state index contributed by atoms with van der Waals surface area (Å²) in [7, 11) is 0. The second-order valence-electron chi connectivity index (χ2n) is 14.3. The third-order valence-electron chi connectivity index (χ3n) is 11.2. The fraction of sp³-hybridized carbons (Fsp3) is 0. The van der Waals surface area contributed by atoms with Crippen molar-refractivity contribution < 1.29 is 0 Å². The second-order valence-corrected chi connectivity index (χ2v) is 16.4. The first-order chi connectivity index (χ1) is 27.8. The van der Waals surface area contributed by atoms with Crippen molar-refractivity contribution in [3.05, 3.63) is 194 Å². The SMILES string of the molecule is c1ccc2c(c#1)sc1c(N(c3ccccc3)c3ccc4ccc5c(N(c6ccccc6)c6cccc7c6sc6ccccc67)ccc6ccc3c4c65)cccc12. The maximum Gasteiger partial charge on any atom is 0.0857 e. The van der Waals surface area contributed by atoms with Gasteiger partial charge in [-0.2, -0.15) is 0 Å². The van der Waals surface area contributed by atoms with E-state index in [0.717, 1.165) is 33.1 Å². The molecular formula is C52H30N2S2. The van der Waals surface area contributed by atoms with Gasteiger partial charge in [0, 0.05) is 48.4 Å². The molecule has 2 heterocycles. The smallest absolute Gasteiger partial charge is 0.0857 e. The molecule has 0 aliphatic heterocycles. The molecule has 0 aliphatic rings. The number of benzene rings is 9. The maximum atomic E-state index is 3.38. The van der Waals surface area contributed by atoms with Crippen molar-refractivity contribution >= 4 is 129 Å². The van der Waals surface area contributed by atoms with Crippen molar-refractivity contribution in [3.8, 4) is 0 Å². The predicted octanol–water partition coefficient (Wildman–Crippen LogP) is 15.9. The average Bonchev–Trinajstić information content (AvgIpc) is 3.84. The Bertz CT molecular complexity index is 3210. The number of thiophene rings is 2. The largest absolute Gasteiger partial charge is 0.308 e. The molecule has 0 saturated carbocycles. The van der Waals surface area contributed by atoms with Gasteiger partial charge in [-0.1, -0.05) is 127 Å². The molecule has 0 aliphatic carbocycles. The number of rotatable bonds is 6. The van der Waals surface area contributed by atoms with E-state index in [2.05, 4.69) is 198 Å². The molecule has 0 unspecified atom stereocenters. The van der Waals surface area contributed by atoms with Gasteiger partial charge in [0.2, 0.25) is 0 Å². The molecule has 0 saturated heterocycles. The lowest BCUT2D eigenvalue weighted by Gasteiger charge is -2.29. The summed E-state index contributed by atoms with van der Waals surface area (Å²) >= 11 is 3.66. The summed E-state index contributed by atoms with van der Waals surface area (Å²) in [6.45, 7) is 0. The van der Waals surface area contributed by atoms with E-state index in [1.165, 1.54) is 73.6 Å². The maximum absolute atomic E-state index is 3.38. The van der Waals surface area contributed by atoms with Crippen LogP contribution in [0.15, 0.2) is 182 Å². The minimum Gasteiger partial charge on any atom is -0.308 e. The molecule has 12 rings (SSSR count). The van der Waals surface area contributed by atoms with E-state index in [4.69, 9.17) is 0 Å². The first-order valence-electron chi connectivity index (χ1n) is 18.8. The van der Waals surface area contributed by atoms with Crippen molar-refractivity contribution in [2.45, 2.75) is 0 Å². The normalized spacial score (nSPS) is 11.8. The van der Waals surface area contributed by atoms with Gasteiger partial charge >= 0.3 is 0 Å². The third kappa shape index (κ3) is 4.63. The Hall–Kier alpha value is -6.90. The summed E-state index contributed by atoms with van der Waals surface area (Å²) < 4.78 is 4.95. The van der Waals surface area contributed by atoms with E-state index in [1.54, 1.807) is 11.3 Å². The minimum absolute atomic E-state index is 1.12. The van der Waals surface area contributed by atoms with E-state index < -0.39 is 0 Å². The Kier molecular flexibility index (Phi) is 6.91. The topological polar surface area (TPSA) is 6.48 Å². The Morgan fingerprint density at radius 2 is 0.875 bits per heavy atom. The van der Waals surface area contributed by atoms with E-state index in [9.17, 15) is 0 Å². The van der Waals surface area contributed by atoms with Gasteiger partial charge in [-0.15, -0.1) is 22.7 Å². The molecule has 260 valence electrons. The lowest BCUT2D eigenvalue weighted by molar-refractivity contribution is 1.32. The van der Waals surface area contributed by atoms with Crippen molar-refractivity contribution in [2.24, 2.45) is 0 Å². The Morgan fingerprint density at radius 1 is 0.357 bits per heavy atom. The van der Waals surface area contributed by atoms with Crippen LogP contribution in [-0.2, 0) is 0 Å². The van der Waals surface area contributed by atoms with Crippen LogP contribution in [0.5, 0.6) is 0 Å². The van der Waals surface area contributed by atoms with Crippen molar-refractivity contribution in [1.82, 2.24) is 0 Å². The van der Waals surface area contributed by atoms with Crippen LogP contribution in [0.4, 0.5) is 34.1 Å². The summed E-state index contributed by atoms with van der Waals surface area (Å²) in [4.78, 5) is 4.92. The first-order valence-corrected chi connectivity index (χ1v) is 20.5. The van der Waals surface area contributed by atoms with Gasteiger partial charge in [0.05, 0.1) is 36.8 Å². The summed E-state index contributed by atoms with van der Waals surface area (Å²) in [6.07, 6.45) is 0. The highest BCUT2D eigenvalue weighted by Crippen LogP contribution is 2.51. The zero-order valence-electron chi connectivity index (χ0n) is 30.0. The molecule has 0 spiro atoms. The highest BCUT2D eigenvalue weighted by molar-refractivity contribution is 7.26. The lowest BCUT2D eigenvalue weighted by Crippen LogP contribution is -2.11. The third-order valence-corrected chi connectivity index (χ3v) is 13.6. The molecule has 0 bridgehead atoms. The quantitative estimate of drug-likeness (QED) is 0.156. The Balaban J connectivity index is 1.13. The van der Waals surface area contributed by atoms with E-state index in [0.29, 0.717) is 0 Å². The number of anilines is 6. The summed E-state index contributed by atoms with van der Waals surface area (Å²) in [6, 6.07) is 73.0. The van der Waals surface area contributed by atoms with Crippen LogP contribution in [0.2, 0.25) is 0 Å². The Morgan fingerprint density at radius 3 is 1.50 bits per heavy atom. The fourth-order valence-electron chi connectivity index (χ4n) is 8.83. The van der Waals surface area contributed by atoms with Crippen LogP contribution >= 0.6 is 22.7 Å². The van der Waals surface area contributed by atoms with Gasteiger partial charge in [0.15, 0.2) is 0 Å². The molecule has 2 nitrogen and oxygen atoms in total. The lowest BCUT2D eigenvalue weighted by atomic mass is 9.91. The van der Waals surface area contributed by atoms with Crippen molar-refractivity contribution in [2.75, 3.05) is 9.80 Å². The van der Waals surface area contributed by atoms with Crippen molar-refractivity contribution in [1.29, 1.82) is 0 Å². The van der Waals surface area contributed by atoms with Gasteiger partial charge in [-0.3, -0.25) is 0 Å². The molecule has 10 aromatic carbocycles. The standard InChI is InChI=1S/C52H30N2S2/c1-3-13-35(14-4-1)53(45-21-11-19-39-37-17-7-9-23-47(37)55-51(39)45)43-31-27-33-26-30-42-44(32-28-34-25-29-41(43)49(33)50(34)42)54(36-15-5-2-6-16-36)46-22-12-20-40-38-18-8-10-24-48(38)56-52(40)46/h1-9,11-23,25-32H. The van der Waals surface area contributed by atoms with E-state index in [-0.39, 0.29) is 0 Å². The number of nitrogens with zero attached hydrogens (tertiary/aromatic N) is 2. The molecule has 56 heavy (non-hydrogen) atoms. The highest BCUT2D eigenvalue weighted by Gasteiger charge is 2.24. The number of para-hydroxylation sites is 2. The zero-order valence-corrected chi connectivity index (χ0v) is 31.7. The highest BCUT2D eigenvalue weighted by atomic mass is 32.1. The molecule has 0 fully saturated rings. The van der Waals surface area contributed by atoms with Gasteiger partial charge < -0.3 is 9.80 Å². The monoisotopic (exact) mass is 746 g/mol. The van der Waals surface area contributed by atoms with Crippen LogP contribution in [0, 0.1) is 12.1 Å². The molecule has 0 radical (unpaired) electrons. The molecular weight excluding hydrogens is 717 g/mol. The second kappa shape index (κ2) is 12.3. The molecule has 4 heteroatoms. The van der Waals surface area contributed by atoms with E-state index >= 15 is 0 Å². The van der Waals surface area contributed by atoms with E-state index in [1.807, 2.05) is 17.4 Å². The van der Waals surface area contributed by atoms with Gasteiger partial charge in [-0.05, 0) is 88.3 Å². The summed E-state index contributed by atoms with van der Waals surface area (Å²) in [5.41, 5.74) is 6.92. The van der Waals surface area contributed by atoms with Gasteiger partial charge in [0.1, 0.15) is 0 Å². The molecule has 0 atom stereocenters. The number of hydrogen-bond acceptors (Lipinski definition) is 4. The summed E-state index contributed by atoms with van der Waals surface area (Å²) in [5.74, 6) is 0. The number of hydrogen-bond donors (Lipinski definition) is 0. The minimum atomic E-state index is 1.12. The van der Waals surface area contributed by atoms with Crippen molar-refractivity contribution in [3.63, 3.8) is 0 Å². The molecule has 0 N–H and O–H groups in total. The Labute approximate surface area is 331 Å². The van der Waals surface area contributed by atoms with Crippen LogP contribution in [0.25, 0.3) is 72.7 Å². The molecule has 0 amide bonds. The molecule has 12 aromatic rings. The molecule has 2 aromatic heterocycles. The average molecular weight is 747 g/mol. The number of fused-ring (bicyclic) bond motifs is 6. The van der Waals surface area contributed by atoms with Gasteiger partial charge in [0.25, 0.3) is 0 Å². The van der Waals surface area contributed by atoms with Crippen LogP contribution in [0.3, 0.4) is 0 Å². The van der Waals surface area contributed by atoms with Gasteiger partial charge in [-0.25, -0.2) is 0 Å². The van der Waals surface area contributed by atoms with Crippen LogP contribution in [0.1, 0.15) is 0 Å². The van der Waals surface area contributed by atoms with Crippen LogP contribution < -0.4 is 9.80 Å². The zero-order chi connectivity index (χ0) is 36.7.